The average molecular weight is 471 g/mol. The second kappa shape index (κ2) is 9.34. The van der Waals surface area contributed by atoms with Gasteiger partial charge in [-0.3, -0.25) is 4.79 Å². The molecule has 3 aromatic heterocycles. The Balaban J connectivity index is 1.42. The van der Waals surface area contributed by atoms with Gasteiger partial charge in [0.05, 0.1) is 17.4 Å². The number of carbonyl (C=O) groups is 1. The number of hydrogen-bond acceptors (Lipinski definition) is 8. The van der Waals surface area contributed by atoms with Crippen molar-refractivity contribution in [3.63, 3.8) is 0 Å². The van der Waals surface area contributed by atoms with Crippen LogP contribution < -0.4 is 4.74 Å². The number of nitrogens with zero attached hydrogens (tertiary/aromatic N) is 6. The molecule has 1 amide bonds. The molecule has 0 aliphatic carbocycles. The Morgan fingerprint density at radius 2 is 2.00 bits per heavy atom. The molecule has 3 aromatic rings. The third-order valence-corrected chi connectivity index (χ3v) is 7.85. The average Bonchev–Trinajstić information content (AvgIpc) is 3.30. The van der Waals surface area contributed by atoms with Crippen LogP contribution in [0.25, 0.3) is 10.2 Å². The molecule has 0 bridgehead atoms. The lowest BCUT2D eigenvalue weighted by molar-refractivity contribution is 0.0707. The van der Waals surface area contributed by atoms with Crippen LogP contribution in [0.1, 0.15) is 70.7 Å². The maximum absolute atomic E-state index is 13.6. The van der Waals surface area contributed by atoms with Crippen LogP contribution in [-0.4, -0.2) is 62.8 Å². The van der Waals surface area contributed by atoms with E-state index in [1.165, 1.54) is 30.6 Å². The van der Waals surface area contributed by atoms with Crippen LogP contribution in [0.2, 0.25) is 0 Å². The molecule has 2 aliphatic heterocycles. The second-order valence-electron chi connectivity index (χ2n) is 8.85. The lowest BCUT2D eigenvalue weighted by Gasteiger charge is -2.32. The van der Waals surface area contributed by atoms with Crippen LogP contribution >= 0.6 is 11.3 Å². The molecule has 33 heavy (non-hydrogen) atoms. The molecule has 9 nitrogen and oxygen atoms in total. The first-order valence-electron chi connectivity index (χ1n) is 11.6. The van der Waals surface area contributed by atoms with Crippen LogP contribution in [0.3, 0.4) is 0 Å². The van der Waals surface area contributed by atoms with Crippen molar-refractivity contribution in [3.8, 4) is 5.88 Å². The highest BCUT2D eigenvalue weighted by atomic mass is 32.1. The Labute approximate surface area is 197 Å². The number of aryl methyl sites for hydroxylation is 2. The van der Waals surface area contributed by atoms with E-state index in [1.54, 1.807) is 14.2 Å². The Morgan fingerprint density at radius 3 is 2.82 bits per heavy atom. The van der Waals surface area contributed by atoms with Gasteiger partial charge in [-0.2, -0.15) is 4.98 Å². The topological polar surface area (TPSA) is 95.3 Å². The van der Waals surface area contributed by atoms with Crippen molar-refractivity contribution in [1.82, 2.24) is 29.6 Å². The zero-order chi connectivity index (χ0) is 22.9. The molecule has 0 N–H and O–H groups in total. The van der Waals surface area contributed by atoms with E-state index >= 15 is 0 Å². The van der Waals surface area contributed by atoms with Gasteiger partial charge in [-0.05, 0) is 38.2 Å². The van der Waals surface area contributed by atoms with E-state index in [1.807, 2.05) is 11.8 Å². The van der Waals surface area contributed by atoms with Gasteiger partial charge in [-0.25, -0.2) is 4.98 Å². The molecule has 5 rings (SSSR count). The van der Waals surface area contributed by atoms with Gasteiger partial charge in [0.2, 0.25) is 5.88 Å². The highest BCUT2D eigenvalue weighted by molar-refractivity contribution is 7.20. The predicted octanol–water partition coefficient (Wildman–Crippen LogP) is 3.49. The molecule has 1 unspecified atom stereocenters. The van der Waals surface area contributed by atoms with Crippen LogP contribution in [0, 0.1) is 6.92 Å². The summed E-state index contributed by atoms with van der Waals surface area (Å²) >= 11 is 1.41. The number of amides is 1. The zero-order valence-electron chi connectivity index (χ0n) is 19.5. The summed E-state index contributed by atoms with van der Waals surface area (Å²) < 4.78 is 13.0. The predicted molar refractivity (Wildman–Crippen MR) is 125 cm³/mol. The fourth-order valence-corrected chi connectivity index (χ4v) is 6.17. The number of thiophene rings is 1. The van der Waals surface area contributed by atoms with Crippen molar-refractivity contribution in [2.45, 2.75) is 64.5 Å². The smallest absolute Gasteiger partial charge is 0.264 e. The molecule has 1 atom stereocenters. The summed E-state index contributed by atoms with van der Waals surface area (Å²) in [6, 6.07) is 0. The van der Waals surface area contributed by atoms with E-state index in [2.05, 4.69) is 24.7 Å². The summed E-state index contributed by atoms with van der Waals surface area (Å²) in [4.78, 5) is 26.1. The van der Waals surface area contributed by atoms with Crippen molar-refractivity contribution in [3.05, 3.63) is 27.9 Å². The monoisotopic (exact) mass is 470 g/mol. The zero-order valence-corrected chi connectivity index (χ0v) is 20.3. The van der Waals surface area contributed by atoms with Crippen molar-refractivity contribution >= 4 is 27.5 Å². The van der Waals surface area contributed by atoms with Crippen LogP contribution in [-0.2, 0) is 24.3 Å². The Hall–Kier alpha value is -2.59. The molecule has 2 aliphatic rings. The quantitative estimate of drug-likeness (QED) is 0.563. The second-order valence-corrected chi connectivity index (χ2v) is 9.84. The van der Waals surface area contributed by atoms with E-state index in [4.69, 9.17) is 9.47 Å². The number of rotatable bonds is 5. The van der Waals surface area contributed by atoms with Gasteiger partial charge in [0.15, 0.2) is 5.82 Å². The molecule has 5 heterocycles. The first-order chi connectivity index (χ1) is 16.1. The summed E-state index contributed by atoms with van der Waals surface area (Å²) in [5, 5.41) is 9.85. The summed E-state index contributed by atoms with van der Waals surface area (Å²) in [6.07, 6.45) is 6.58. The number of methoxy groups -OCH3 is 2. The number of hydrogen-bond donors (Lipinski definition) is 0. The third kappa shape index (κ3) is 4.10. The number of ether oxygens (including phenoxy) is 2. The molecular formula is C23H30N6O3S. The minimum absolute atomic E-state index is 0.0474. The van der Waals surface area contributed by atoms with Crippen LogP contribution in [0.5, 0.6) is 5.88 Å². The molecule has 1 saturated heterocycles. The van der Waals surface area contributed by atoms with Crippen LogP contribution in [0.4, 0.5) is 0 Å². The van der Waals surface area contributed by atoms with Crippen molar-refractivity contribution in [2.75, 3.05) is 27.3 Å². The van der Waals surface area contributed by atoms with Gasteiger partial charge in [0.25, 0.3) is 5.91 Å². The third-order valence-electron chi connectivity index (χ3n) is 6.68. The van der Waals surface area contributed by atoms with Gasteiger partial charge in [0.1, 0.15) is 23.1 Å². The lowest BCUT2D eigenvalue weighted by Crippen LogP contribution is -2.39. The Kier molecular flexibility index (Phi) is 6.29. The minimum atomic E-state index is 0.0474. The fraction of sp³-hybridized carbons (Fsp3) is 0.609. The number of aromatic nitrogens is 5. The van der Waals surface area contributed by atoms with Crippen molar-refractivity contribution < 1.29 is 14.3 Å². The normalized spacial score (nSPS) is 18.9. The van der Waals surface area contributed by atoms with Gasteiger partial charge >= 0.3 is 0 Å². The first-order valence-corrected chi connectivity index (χ1v) is 12.5. The Bertz CT molecular complexity index is 1170. The summed E-state index contributed by atoms with van der Waals surface area (Å²) in [5.41, 5.74) is 0.874. The van der Waals surface area contributed by atoms with Crippen molar-refractivity contribution in [2.24, 2.45) is 0 Å². The van der Waals surface area contributed by atoms with E-state index in [0.717, 1.165) is 59.8 Å². The summed E-state index contributed by atoms with van der Waals surface area (Å²) in [7, 11) is 3.20. The highest BCUT2D eigenvalue weighted by Gasteiger charge is 2.32. The van der Waals surface area contributed by atoms with E-state index < -0.39 is 0 Å². The van der Waals surface area contributed by atoms with Crippen LogP contribution in [0.15, 0.2) is 0 Å². The summed E-state index contributed by atoms with van der Waals surface area (Å²) in [5.74, 6) is 3.46. The van der Waals surface area contributed by atoms with E-state index in [0.29, 0.717) is 29.7 Å². The van der Waals surface area contributed by atoms with Gasteiger partial charge in [-0.1, -0.05) is 6.42 Å². The largest absolute Gasteiger partial charge is 0.480 e. The van der Waals surface area contributed by atoms with E-state index in [9.17, 15) is 4.79 Å². The number of likely N-dealkylation sites (tertiary alicyclic amines) is 1. The number of piperidine rings is 1. The minimum Gasteiger partial charge on any atom is -0.480 e. The lowest BCUT2D eigenvalue weighted by atomic mass is 9.96. The van der Waals surface area contributed by atoms with Gasteiger partial charge in [-0.15, -0.1) is 21.5 Å². The molecule has 1 fully saturated rings. The first kappa shape index (κ1) is 22.2. The molecule has 176 valence electrons. The number of carbonyl (C=O) groups excluding carboxylic acids is 1. The highest BCUT2D eigenvalue weighted by Crippen LogP contribution is 2.37. The molecular weight excluding hydrogens is 440 g/mol. The maximum Gasteiger partial charge on any atom is 0.264 e. The fourth-order valence-electron chi connectivity index (χ4n) is 5.02. The van der Waals surface area contributed by atoms with Gasteiger partial charge < -0.3 is 18.9 Å². The molecule has 10 heteroatoms. The Morgan fingerprint density at radius 1 is 1.12 bits per heavy atom. The molecule has 0 radical (unpaired) electrons. The van der Waals surface area contributed by atoms with Gasteiger partial charge in [0, 0.05) is 39.1 Å². The van der Waals surface area contributed by atoms with E-state index in [-0.39, 0.29) is 11.8 Å². The molecule has 0 saturated carbocycles. The standard InChI is InChI=1S/C23H30N6O3S/c1-14-18-21(32-3)24-16(13-31-2)25-22(18)33-19(14)23(30)28-10-7-8-15(12-28)20-27-26-17-9-5-4-6-11-29(17)20/h15H,4-13H2,1-3H3. The SMILES string of the molecule is COCc1nc(OC)c2c(C)c(C(=O)N3CCCC(c4nnc5n4CCCCC5)C3)sc2n1. The maximum atomic E-state index is 13.6. The molecule has 0 spiro atoms. The number of fused-ring (bicyclic) bond motifs is 2. The molecule has 0 aromatic carbocycles. The summed E-state index contributed by atoms with van der Waals surface area (Å²) in [6.45, 7) is 4.65. The van der Waals surface area contributed by atoms with Crippen molar-refractivity contribution in [1.29, 1.82) is 0 Å².